The van der Waals surface area contributed by atoms with E-state index in [9.17, 15) is 17.6 Å². The molecule has 0 saturated carbocycles. The van der Waals surface area contributed by atoms with Crippen molar-refractivity contribution < 1.29 is 22.7 Å². The highest BCUT2D eigenvalue weighted by molar-refractivity contribution is 7.89. The number of sulfonamides is 1. The molecule has 0 aliphatic heterocycles. The molecule has 1 rings (SSSR count). The Bertz CT molecular complexity index is 700. The van der Waals surface area contributed by atoms with Crippen molar-refractivity contribution in [1.29, 1.82) is 5.26 Å². The first kappa shape index (κ1) is 17.4. The first-order valence-electron chi connectivity index (χ1n) is 5.84. The van der Waals surface area contributed by atoms with E-state index < -0.39 is 38.3 Å². The normalized spacial score (nSPS) is 12.7. The number of carboxylic acids is 1. The number of nitrogens with zero attached hydrogens (tertiary/aromatic N) is 1. The van der Waals surface area contributed by atoms with Gasteiger partial charge < -0.3 is 5.11 Å². The van der Waals surface area contributed by atoms with Crippen molar-refractivity contribution in [2.24, 2.45) is 0 Å². The predicted molar refractivity (Wildman–Crippen MR) is 73.0 cm³/mol. The van der Waals surface area contributed by atoms with Crippen LogP contribution >= 0.6 is 11.6 Å². The van der Waals surface area contributed by atoms with Gasteiger partial charge in [0.25, 0.3) is 0 Å². The quantitative estimate of drug-likeness (QED) is 0.828. The molecule has 0 aliphatic rings. The second-order valence-corrected chi connectivity index (χ2v) is 6.28. The van der Waals surface area contributed by atoms with Gasteiger partial charge in [-0.25, -0.2) is 22.3 Å². The lowest BCUT2D eigenvalue weighted by Gasteiger charge is -2.15. The molecule has 6 nitrogen and oxygen atoms in total. The Morgan fingerprint density at radius 2 is 2.19 bits per heavy atom. The van der Waals surface area contributed by atoms with Crippen LogP contribution in [0, 0.1) is 17.1 Å². The zero-order valence-electron chi connectivity index (χ0n) is 10.9. The molecule has 0 heterocycles. The number of carbonyl (C=O) groups is 1. The summed E-state index contributed by atoms with van der Waals surface area (Å²) in [5, 5.41) is 17.2. The molecule has 1 aromatic carbocycles. The average molecular weight is 335 g/mol. The molecule has 1 atom stereocenters. The van der Waals surface area contributed by atoms with Crippen LogP contribution in [0.4, 0.5) is 4.39 Å². The van der Waals surface area contributed by atoms with Crippen molar-refractivity contribution in [2.75, 3.05) is 0 Å². The van der Waals surface area contributed by atoms with Crippen molar-refractivity contribution in [3.63, 3.8) is 0 Å². The monoisotopic (exact) mass is 334 g/mol. The van der Waals surface area contributed by atoms with Crippen molar-refractivity contribution >= 4 is 27.6 Å². The van der Waals surface area contributed by atoms with Crippen LogP contribution in [0.5, 0.6) is 0 Å². The van der Waals surface area contributed by atoms with Gasteiger partial charge in [0, 0.05) is 11.1 Å². The summed E-state index contributed by atoms with van der Waals surface area (Å²) in [5.41, 5.74) is -0.837. The number of nitrogens with one attached hydrogen (secondary N) is 1. The maximum atomic E-state index is 14.0. The van der Waals surface area contributed by atoms with Gasteiger partial charge >= 0.3 is 5.97 Å². The highest BCUT2D eigenvalue weighted by atomic mass is 35.5. The first-order chi connectivity index (χ1) is 9.72. The van der Waals surface area contributed by atoms with E-state index in [2.05, 4.69) is 4.72 Å². The molecule has 2 N–H and O–H groups in total. The summed E-state index contributed by atoms with van der Waals surface area (Å²) in [6.07, 6.45) is 0.227. The minimum atomic E-state index is -4.33. The highest BCUT2D eigenvalue weighted by Crippen LogP contribution is 2.24. The number of benzene rings is 1. The summed E-state index contributed by atoms with van der Waals surface area (Å²) in [7, 11) is -4.33. The molecule has 9 heteroatoms. The van der Waals surface area contributed by atoms with E-state index in [1.807, 2.05) is 6.07 Å². The highest BCUT2D eigenvalue weighted by Gasteiger charge is 2.27. The van der Waals surface area contributed by atoms with Gasteiger partial charge in [-0.1, -0.05) is 18.5 Å². The van der Waals surface area contributed by atoms with E-state index in [0.29, 0.717) is 6.42 Å². The van der Waals surface area contributed by atoms with Gasteiger partial charge in [0.15, 0.2) is 5.82 Å². The van der Waals surface area contributed by atoms with Crippen molar-refractivity contribution in [3.8, 4) is 6.07 Å². The minimum absolute atomic E-state index is 0.0935. The maximum absolute atomic E-state index is 14.0. The third-order valence-electron chi connectivity index (χ3n) is 2.68. The summed E-state index contributed by atoms with van der Waals surface area (Å²) >= 11 is 5.63. The van der Waals surface area contributed by atoms with Gasteiger partial charge in [-0.05, 0) is 18.6 Å². The zero-order chi connectivity index (χ0) is 16.2. The Kier molecular flexibility index (Phi) is 5.66. The van der Waals surface area contributed by atoms with E-state index in [1.165, 1.54) is 0 Å². The smallest absolute Gasteiger partial charge is 0.338 e. The second-order valence-electron chi connectivity index (χ2n) is 4.16. The Labute approximate surface area is 126 Å². The largest absolute Gasteiger partial charge is 0.478 e. The van der Waals surface area contributed by atoms with Crippen LogP contribution in [0.25, 0.3) is 0 Å². The number of nitriles is 1. The zero-order valence-corrected chi connectivity index (χ0v) is 12.5. The lowest BCUT2D eigenvalue weighted by Crippen LogP contribution is -2.34. The minimum Gasteiger partial charge on any atom is -0.478 e. The molecular weight excluding hydrogens is 323 g/mol. The van der Waals surface area contributed by atoms with Crippen LogP contribution in [-0.2, 0) is 10.0 Å². The molecule has 114 valence electrons. The Morgan fingerprint density at radius 3 is 2.67 bits per heavy atom. The van der Waals surface area contributed by atoms with Gasteiger partial charge in [-0.2, -0.15) is 5.26 Å². The molecular formula is C12H12ClFN2O4S. The lowest BCUT2D eigenvalue weighted by atomic mass is 10.2. The summed E-state index contributed by atoms with van der Waals surface area (Å²) in [6.45, 7) is 1.65. The van der Waals surface area contributed by atoms with E-state index in [4.69, 9.17) is 22.0 Å². The molecule has 0 fully saturated rings. The Hall–Kier alpha value is -1.69. The number of hydrogen-bond donors (Lipinski definition) is 2. The van der Waals surface area contributed by atoms with E-state index in [0.717, 1.165) is 12.1 Å². The fourth-order valence-corrected chi connectivity index (χ4v) is 3.30. The fourth-order valence-electron chi connectivity index (χ4n) is 1.58. The van der Waals surface area contributed by atoms with Gasteiger partial charge in [-0.15, -0.1) is 0 Å². The topological polar surface area (TPSA) is 107 Å². The molecule has 0 aromatic heterocycles. The van der Waals surface area contributed by atoms with E-state index >= 15 is 0 Å². The summed E-state index contributed by atoms with van der Waals surface area (Å²) in [5.74, 6) is -3.03. The average Bonchev–Trinajstić information content (AvgIpc) is 2.39. The Balaban J connectivity index is 3.32. The van der Waals surface area contributed by atoms with E-state index in [-0.39, 0.29) is 11.4 Å². The third kappa shape index (κ3) is 4.14. The third-order valence-corrected chi connectivity index (χ3v) is 4.41. The lowest BCUT2D eigenvalue weighted by molar-refractivity contribution is 0.0691. The summed E-state index contributed by atoms with van der Waals surface area (Å²) in [6, 6.07) is 2.75. The molecule has 0 spiro atoms. The fraction of sp³-hybridized carbons (Fsp3) is 0.333. The molecule has 0 aliphatic carbocycles. The molecule has 1 unspecified atom stereocenters. The number of aromatic carboxylic acids is 1. The van der Waals surface area contributed by atoms with Crippen molar-refractivity contribution in [2.45, 2.75) is 30.7 Å². The molecule has 0 bridgehead atoms. The molecule has 21 heavy (non-hydrogen) atoms. The molecule has 0 saturated heterocycles. The number of hydrogen-bond acceptors (Lipinski definition) is 4. The van der Waals surface area contributed by atoms with Crippen LogP contribution in [0.15, 0.2) is 17.0 Å². The molecule has 0 amide bonds. The molecule has 1 aromatic rings. The van der Waals surface area contributed by atoms with Crippen LogP contribution in [0.2, 0.25) is 5.02 Å². The number of halogens is 2. The first-order valence-corrected chi connectivity index (χ1v) is 7.70. The van der Waals surface area contributed by atoms with Crippen LogP contribution in [0.3, 0.4) is 0 Å². The molecule has 0 radical (unpaired) electrons. The van der Waals surface area contributed by atoms with Crippen LogP contribution in [-0.4, -0.2) is 25.5 Å². The van der Waals surface area contributed by atoms with Crippen molar-refractivity contribution in [3.05, 3.63) is 28.5 Å². The standard InChI is InChI=1S/C12H12ClFN2O4S/c1-2-8(3-4-15)16-21(19,20)10-6-7(13)5-9(11(10)14)12(17)18/h5-6,8,16H,2-3H2,1H3,(H,17,18). The summed E-state index contributed by atoms with van der Waals surface area (Å²) in [4.78, 5) is 10.0. The van der Waals surface area contributed by atoms with Crippen LogP contribution < -0.4 is 4.72 Å². The van der Waals surface area contributed by atoms with Gasteiger partial charge in [0.05, 0.1) is 18.1 Å². The van der Waals surface area contributed by atoms with Gasteiger partial charge in [-0.3, -0.25) is 0 Å². The number of rotatable bonds is 6. The maximum Gasteiger partial charge on any atom is 0.338 e. The second kappa shape index (κ2) is 6.85. The predicted octanol–water partition coefficient (Wildman–Crippen LogP) is 2.15. The number of carboxylic acid groups (broad SMARTS) is 1. The Morgan fingerprint density at radius 1 is 1.57 bits per heavy atom. The van der Waals surface area contributed by atoms with Crippen molar-refractivity contribution in [1.82, 2.24) is 4.72 Å². The van der Waals surface area contributed by atoms with Gasteiger partial charge in [0.2, 0.25) is 10.0 Å². The van der Waals surface area contributed by atoms with Crippen LogP contribution in [0.1, 0.15) is 30.1 Å². The van der Waals surface area contributed by atoms with Gasteiger partial charge in [0.1, 0.15) is 4.90 Å². The summed E-state index contributed by atoms with van der Waals surface area (Å²) < 4.78 is 40.4. The van der Waals surface area contributed by atoms with E-state index in [1.54, 1.807) is 6.92 Å². The SMILES string of the molecule is CCC(CC#N)NS(=O)(=O)c1cc(Cl)cc(C(=O)O)c1F.